The minimum absolute atomic E-state index is 0. The number of aromatic nitrogens is 3. The summed E-state index contributed by atoms with van der Waals surface area (Å²) in [5.41, 5.74) is 6.58. The van der Waals surface area contributed by atoms with E-state index in [0.717, 1.165) is 10.5 Å². The number of hydrogen-bond acceptors (Lipinski definition) is 4. The summed E-state index contributed by atoms with van der Waals surface area (Å²) >= 11 is 0. The Morgan fingerprint density at radius 2 is 1.92 bits per heavy atom. The number of nitrogens with two attached hydrogens (primary N) is 1. The van der Waals surface area contributed by atoms with Crippen LogP contribution in [0.4, 0.5) is 13.2 Å². The molecule has 2 unspecified atom stereocenters. The first-order valence-electron chi connectivity index (χ1n) is 7.92. The minimum atomic E-state index is -4.49. The molecule has 1 aromatic carbocycles. The van der Waals surface area contributed by atoms with Crippen LogP contribution in [0.15, 0.2) is 36.5 Å². The number of alkyl halides is 3. The summed E-state index contributed by atoms with van der Waals surface area (Å²) in [7, 11) is 0. The van der Waals surface area contributed by atoms with Crippen LogP contribution in [0.1, 0.15) is 28.9 Å². The van der Waals surface area contributed by atoms with Gasteiger partial charge in [0.15, 0.2) is 5.69 Å². The van der Waals surface area contributed by atoms with Gasteiger partial charge in [0.05, 0.1) is 12.7 Å². The molecule has 1 aliphatic heterocycles. The van der Waals surface area contributed by atoms with Gasteiger partial charge in [-0.1, -0.05) is 35.5 Å². The van der Waals surface area contributed by atoms with E-state index < -0.39 is 24.2 Å². The highest BCUT2D eigenvalue weighted by Crippen LogP contribution is 2.32. The molecule has 0 saturated carbocycles. The number of halogens is 4. The molecule has 1 fully saturated rings. The van der Waals surface area contributed by atoms with Crippen LogP contribution in [0.3, 0.4) is 0 Å². The Labute approximate surface area is 154 Å². The number of carbonyl (C=O) groups is 1. The molecule has 1 aromatic heterocycles. The van der Waals surface area contributed by atoms with Gasteiger partial charge in [0, 0.05) is 12.6 Å². The third kappa shape index (κ3) is 4.53. The maximum Gasteiger partial charge on any atom is 0.408 e. The van der Waals surface area contributed by atoms with Crippen molar-refractivity contribution < 1.29 is 18.0 Å². The predicted molar refractivity (Wildman–Crippen MR) is 90.9 cm³/mol. The zero-order valence-corrected chi connectivity index (χ0v) is 14.6. The molecule has 2 atom stereocenters. The summed E-state index contributed by atoms with van der Waals surface area (Å²) in [6.45, 7) is 0.234. The fourth-order valence-corrected chi connectivity index (χ4v) is 2.96. The SMILES string of the molecule is Cl.NC1CCC(C(F)(F)F)N(C(=O)c2cn(Cc3ccccc3)nn2)C1. The average Bonchev–Trinajstić information content (AvgIpc) is 3.02. The average molecular weight is 390 g/mol. The zero-order chi connectivity index (χ0) is 18.0. The molecule has 0 radical (unpaired) electrons. The normalized spacial score (nSPS) is 20.5. The highest BCUT2D eigenvalue weighted by Gasteiger charge is 2.48. The fraction of sp³-hybridized carbons (Fsp3) is 0.438. The van der Waals surface area contributed by atoms with E-state index in [-0.39, 0.29) is 37.5 Å². The second kappa shape index (κ2) is 8.05. The van der Waals surface area contributed by atoms with Gasteiger partial charge in [-0.2, -0.15) is 13.2 Å². The summed E-state index contributed by atoms with van der Waals surface area (Å²) in [5, 5.41) is 7.58. The maximum atomic E-state index is 13.2. The highest BCUT2D eigenvalue weighted by molar-refractivity contribution is 5.92. The Morgan fingerprint density at radius 1 is 1.23 bits per heavy atom. The standard InChI is InChI=1S/C16H18F3N5O.ClH/c17-16(18,19)14-7-6-12(20)9-24(14)15(25)13-10-23(22-21-13)8-11-4-2-1-3-5-11;/h1-5,10,12,14H,6-9,20H2;1H. The fourth-order valence-electron chi connectivity index (χ4n) is 2.96. The van der Waals surface area contributed by atoms with Crippen molar-refractivity contribution in [3.05, 3.63) is 47.8 Å². The lowest BCUT2D eigenvalue weighted by Crippen LogP contribution is -2.56. The number of nitrogens with zero attached hydrogens (tertiary/aromatic N) is 4. The van der Waals surface area contributed by atoms with Crippen molar-refractivity contribution in [2.45, 2.75) is 37.6 Å². The summed E-state index contributed by atoms with van der Waals surface area (Å²) in [6, 6.07) is 7.05. The van der Waals surface area contributed by atoms with Crippen LogP contribution in [-0.4, -0.2) is 50.6 Å². The lowest BCUT2D eigenvalue weighted by Gasteiger charge is -2.38. The second-order valence-corrected chi connectivity index (χ2v) is 6.14. The van der Waals surface area contributed by atoms with E-state index in [0.29, 0.717) is 6.54 Å². The number of piperidine rings is 1. The molecule has 6 nitrogen and oxygen atoms in total. The van der Waals surface area contributed by atoms with Gasteiger partial charge in [-0.3, -0.25) is 4.79 Å². The first-order chi connectivity index (χ1) is 11.8. The molecule has 1 aliphatic rings. The lowest BCUT2D eigenvalue weighted by molar-refractivity contribution is -0.184. The van der Waals surface area contributed by atoms with Crippen LogP contribution in [-0.2, 0) is 6.54 Å². The summed E-state index contributed by atoms with van der Waals surface area (Å²) < 4.78 is 41.1. The topological polar surface area (TPSA) is 77.0 Å². The quantitative estimate of drug-likeness (QED) is 0.873. The third-order valence-corrected chi connectivity index (χ3v) is 4.20. The van der Waals surface area contributed by atoms with E-state index in [1.807, 2.05) is 30.3 Å². The first-order valence-corrected chi connectivity index (χ1v) is 7.92. The molecule has 0 bridgehead atoms. The molecule has 1 saturated heterocycles. The van der Waals surface area contributed by atoms with Crippen molar-refractivity contribution >= 4 is 18.3 Å². The molecule has 0 spiro atoms. The molecule has 10 heteroatoms. The van der Waals surface area contributed by atoms with Gasteiger partial charge in [0.1, 0.15) is 6.04 Å². The van der Waals surface area contributed by atoms with E-state index in [9.17, 15) is 18.0 Å². The Balaban J connectivity index is 0.00000243. The second-order valence-electron chi connectivity index (χ2n) is 6.14. The van der Waals surface area contributed by atoms with Crippen molar-refractivity contribution in [2.75, 3.05) is 6.54 Å². The molecule has 2 N–H and O–H groups in total. The third-order valence-electron chi connectivity index (χ3n) is 4.20. The Bertz CT molecular complexity index is 737. The zero-order valence-electron chi connectivity index (χ0n) is 13.8. The van der Waals surface area contributed by atoms with Gasteiger partial charge in [0.2, 0.25) is 0 Å². The molecule has 1 amide bonds. The number of amides is 1. The Morgan fingerprint density at radius 3 is 2.58 bits per heavy atom. The molecule has 0 aliphatic carbocycles. The van der Waals surface area contributed by atoms with Crippen molar-refractivity contribution in [2.24, 2.45) is 5.73 Å². The summed E-state index contributed by atoms with van der Waals surface area (Å²) in [5.74, 6) is -0.795. The van der Waals surface area contributed by atoms with E-state index in [2.05, 4.69) is 10.3 Å². The Kier molecular flexibility index (Phi) is 6.25. The molecule has 2 aromatic rings. The molecule has 2 heterocycles. The van der Waals surface area contributed by atoms with Crippen molar-refractivity contribution in [1.29, 1.82) is 0 Å². The molecular formula is C16H19ClF3N5O. The van der Waals surface area contributed by atoms with Crippen LogP contribution in [0, 0.1) is 0 Å². The smallest absolute Gasteiger partial charge is 0.326 e. The number of likely N-dealkylation sites (tertiary alicyclic amines) is 1. The van der Waals surface area contributed by atoms with Crippen LogP contribution in [0.2, 0.25) is 0 Å². The monoisotopic (exact) mass is 389 g/mol. The van der Waals surface area contributed by atoms with E-state index >= 15 is 0 Å². The Hall–Kier alpha value is -2.13. The van der Waals surface area contributed by atoms with Crippen LogP contribution in [0.5, 0.6) is 0 Å². The number of rotatable bonds is 3. The van der Waals surface area contributed by atoms with Crippen LogP contribution in [0.25, 0.3) is 0 Å². The van der Waals surface area contributed by atoms with Gasteiger partial charge in [-0.05, 0) is 18.4 Å². The van der Waals surface area contributed by atoms with Crippen molar-refractivity contribution in [3.63, 3.8) is 0 Å². The van der Waals surface area contributed by atoms with Gasteiger partial charge >= 0.3 is 6.18 Å². The van der Waals surface area contributed by atoms with Gasteiger partial charge in [-0.25, -0.2) is 4.68 Å². The van der Waals surface area contributed by atoms with Crippen LogP contribution < -0.4 is 5.73 Å². The van der Waals surface area contributed by atoms with E-state index in [1.54, 1.807) is 0 Å². The van der Waals surface area contributed by atoms with Gasteiger partial charge in [0.25, 0.3) is 5.91 Å². The number of hydrogen-bond donors (Lipinski definition) is 1. The largest absolute Gasteiger partial charge is 0.408 e. The highest BCUT2D eigenvalue weighted by atomic mass is 35.5. The molecular weight excluding hydrogens is 371 g/mol. The number of benzene rings is 1. The first kappa shape index (κ1) is 20.2. The maximum absolute atomic E-state index is 13.2. The summed E-state index contributed by atoms with van der Waals surface area (Å²) in [6.07, 6.45) is -3.10. The summed E-state index contributed by atoms with van der Waals surface area (Å²) in [4.78, 5) is 13.3. The minimum Gasteiger partial charge on any atom is -0.326 e. The molecule has 142 valence electrons. The predicted octanol–water partition coefficient (Wildman–Crippen LogP) is 2.24. The lowest BCUT2D eigenvalue weighted by atomic mass is 9.98. The van der Waals surface area contributed by atoms with Gasteiger partial charge in [-0.15, -0.1) is 17.5 Å². The van der Waals surface area contributed by atoms with Crippen molar-refractivity contribution in [1.82, 2.24) is 19.9 Å². The van der Waals surface area contributed by atoms with Crippen LogP contribution >= 0.6 is 12.4 Å². The van der Waals surface area contributed by atoms with Crippen molar-refractivity contribution in [3.8, 4) is 0 Å². The molecule has 3 rings (SSSR count). The van der Waals surface area contributed by atoms with E-state index in [4.69, 9.17) is 5.73 Å². The van der Waals surface area contributed by atoms with E-state index in [1.165, 1.54) is 10.9 Å². The van der Waals surface area contributed by atoms with Gasteiger partial charge < -0.3 is 10.6 Å². The molecule has 26 heavy (non-hydrogen) atoms. The number of carbonyl (C=O) groups excluding carboxylic acids is 1.